The lowest BCUT2D eigenvalue weighted by Crippen LogP contribution is -2.39. The van der Waals surface area contributed by atoms with Crippen LogP contribution in [0.1, 0.15) is 29.1 Å². The van der Waals surface area contributed by atoms with E-state index in [4.69, 9.17) is 9.26 Å². The van der Waals surface area contributed by atoms with Crippen LogP contribution in [-0.2, 0) is 9.53 Å². The molecule has 136 valence electrons. The lowest BCUT2D eigenvalue weighted by Gasteiger charge is -2.19. The maximum Gasteiger partial charge on any atom is 0.410 e. The molecule has 2 aliphatic heterocycles. The summed E-state index contributed by atoms with van der Waals surface area (Å²) in [4.78, 5) is 31.9. The smallest absolute Gasteiger partial charge is 0.410 e. The van der Waals surface area contributed by atoms with Gasteiger partial charge >= 0.3 is 6.09 Å². The fourth-order valence-electron chi connectivity index (χ4n) is 3.59. The van der Waals surface area contributed by atoms with Gasteiger partial charge in [0, 0.05) is 19.0 Å². The monoisotopic (exact) mass is 356 g/mol. The van der Waals surface area contributed by atoms with Crippen LogP contribution in [0.15, 0.2) is 34.9 Å². The maximum atomic E-state index is 12.7. The zero-order valence-corrected chi connectivity index (χ0v) is 14.5. The number of nitrogens with zero attached hydrogens (tertiary/aromatic N) is 4. The predicted octanol–water partition coefficient (Wildman–Crippen LogP) is 1.54. The summed E-state index contributed by atoms with van der Waals surface area (Å²) in [6.07, 6.45) is -0.429. The molecule has 8 nitrogen and oxygen atoms in total. The second-order valence-electron chi connectivity index (χ2n) is 6.64. The molecule has 0 spiro atoms. The number of hydrogen-bond donors (Lipinski definition) is 0. The van der Waals surface area contributed by atoms with Crippen LogP contribution in [0.5, 0.6) is 0 Å². The maximum absolute atomic E-state index is 12.7. The first-order chi connectivity index (χ1) is 12.6. The third-order valence-electron chi connectivity index (χ3n) is 4.93. The van der Waals surface area contributed by atoms with E-state index in [0.29, 0.717) is 38.0 Å². The van der Waals surface area contributed by atoms with E-state index in [1.54, 1.807) is 11.8 Å². The second kappa shape index (κ2) is 6.78. The molecule has 1 aromatic heterocycles. The summed E-state index contributed by atoms with van der Waals surface area (Å²) in [5.74, 6) is 1.05. The molecule has 1 aromatic carbocycles. The van der Waals surface area contributed by atoms with Crippen molar-refractivity contribution in [2.24, 2.45) is 0 Å². The minimum absolute atomic E-state index is 0.0376. The van der Waals surface area contributed by atoms with E-state index < -0.39 is 6.09 Å². The van der Waals surface area contributed by atoms with Crippen LogP contribution in [0, 0.1) is 6.92 Å². The second-order valence-corrected chi connectivity index (χ2v) is 6.64. The van der Waals surface area contributed by atoms with Crippen LogP contribution in [0.25, 0.3) is 0 Å². The van der Waals surface area contributed by atoms with Crippen LogP contribution in [-0.4, -0.2) is 64.7 Å². The highest BCUT2D eigenvalue weighted by atomic mass is 16.6. The van der Waals surface area contributed by atoms with Gasteiger partial charge < -0.3 is 14.2 Å². The van der Waals surface area contributed by atoms with Gasteiger partial charge in [-0.2, -0.15) is 4.98 Å². The number of carbonyl (C=O) groups is 2. The molecule has 2 fully saturated rings. The van der Waals surface area contributed by atoms with E-state index in [1.807, 2.05) is 30.3 Å². The van der Waals surface area contributed by atoms with Gasteiger partial charge in [-0.3, -0.25) is 9.69 Å². The van der Waals surface area contributed by atoms with E-state index >= 15 is 0 Å². The molecule has 2 atom stereocenters. The average molecular weight is 356 g/mol. The number of rotatable bonds is 4. The number of hydrogen-bond acceptors (Lipinski definition) is 6. The SMILES string of the molecule is Cc1noc([C@@H]2CN(C(=O)CN3CCOC3=O)C[C@@H]2c2ccccc2)n1. The Morgan fingerprint density at radius 2 is 2.00 bits per heavy atom. The lowest BCUT2D eigenvalue weighted by molar-refractivity contribution is -0.130. The zero-order chi connectivity index (χ0) is 18.1. The molecule has 26 heavy (non-hydrogen) atoms. The van der Waals surface area contributed by atoms with Crippen molar-refractivity contribution < 1.29 is 18.8 Å². The Balaban J connectivity index is 1.54. The van der Waals surface area contributed by atoms with Crippen molar-refractivity contribution in [1.82, 2.24) is 19.9 Å². The summed E-state index contributed by atoms with van der Waals surface area (Å²) >= 11 is 0. The minimum atomic E-state index is -0.429. The Morgan fingerprint density at radius 1 is 1.23 bits per heavy atom. The van der Waals surface area contributed by atoms with Crippen LogP contribution >= 0.6 is 0 Å². The Labute approximate surface area is 150 Å². The van der Waals surface area contributed by atoms with Crippen molar-refractivity contribution in [2.75, 3.05) is 32.8 Å². The van der Waals surface area contributed by atoms with Gasteiger partial charge in [0.25, 0.3) is 0 Å². The molecular weight excluding hydrogens is 336 g/mol. The number of ether oxygens (including phenoxy) is 1. The molecule has 0 saturated carbocycles. The first kappa shape index (κ1) is 16.6. The van der Waals surface area contributed by atoms with Gasteiger partial charge in [0.05, 0.1) is 12.5 Å². The molecule has 2 amide bonds. The van der Waals surface area contributed by atoms with Gasteiger partial charge in [0.1, 0.15) is 13.2 Å². The first-order valence-electron chi connectivity index (χ1n) is 8.66. The third kappa shape index (κ3) is 3.14. The fraction of sp³-hybridized carbons (Fsp3) is 0.444. The van der Waals surface area contributed by atoms with Gasteiger partial charge in [-0.25, -0.2) is 4.79 Å². The number of amides is 2. The van der Waals surface area contributed by atoms with Gasteiger partial charge in [0.2, 0.25) is 11.8 Å². The predicted molar refractivity (Wildman–Crippen MR) is 90.5 cm³/mol. The van der Waals surface area contributed by atoms with E-state index in [9.17, 15) is 9.59 Å². The van der Waals surface area contributed by atoms with Gasteiger partial charge in [-0.1, -0.05) is 35.5 Å². The lowest BCUT2D eigenvalue weighted by atomic mass is 9.89. The largest absolute Gasteiger partial charge is 0.448 e. The molecular formula is C18H20N4O4. The highest BCUT2D eigenvalue weighted by molar-refractivity contribution is 5.83. The summed E-state index contributed by atoms with van der Waals surface area (Å²) in [5.41, 5.74) is 1.13. The molecule has 0 radical (unpaired) electrons. The van der Waals surface area contributed by atoms with Crippen LogP contribution < -0.4 is 0 Å². The van der Waals surface area contributed by atoms with Gasteiger partial charge in [0.15, 0.2) is 5.82 Å². The summed E-state index contributed by atoms with van der Waals surface area (Å²) < 4.78 is 10.3. The normalized spacial score (nSPS) is 22.7. The Bertz CT molecular complexity index is 807. The van der Waals surface area contributed by atoms with Crippen molar-refractivity contribution in [3.8, 4) is 0 Å². The van der Waals surface area contributed by atoms with Gasteiger partial charge in [-0.05, 0) is 12.5 Å². The van der Waals surface area contributed by atoms with E-state index in [-0.39, 0.29) is 24.3 Å². The molecule has 8 heteroatoms. The highest BCUT2D eigenvalue weighted by Crippen LogP contribution is 2.39. The molecule has 0 aliphatic carbocycles. The summed E-state index contributed by atoms with van der Waals surface area (Å²) in [6, 6.07) is 10.0. The number of aryl methyl sites for hydroxylation is 1. The highest BCUT2D eigenvalue weighted by Gasteiger charge is 2.40. The number of benzene rings is 1. The topological polar surface area (TPSA) is 88.8 Å². The fourth-order valence-corrected chi connectivity index (χ4v) is 3.59. The Kier molecular flexibility index (Phi) is 4.32. The molecule has 2 aliphatic rings. The number of likely N-dealkylation sites (tertiary alicyclic amines) is 1. The van der Waals surface area contributed by atoms with Crippen molar-refractivity contribution in [1.29, 1.82) is 0 Å². The Morgan fingerprint density at radius 3 is 2.65 bits per heavy atom. The van der Waals surface area contributed by atoms with Crippen molar-refractivity contribution in [3.63, 3.8) is 0 Å². The van der Waals surface area contributed by atoms with Crippen molar-refractivity contribution in [2.45, 2.75) is 18.8 Å². The summed E-state index contributed by atoms with van der Waals surface area (Å²) in [5, 5.41) is 3.89. The minimum Gasteiger partial charge on any atom is -0.448 e. The number of carbonyl (C=O) groups excluding carboxylic acids is 2. The molecule has 0 unspecified atom stereocenters. The number of cyclic esters (lactones) is 1. The third-order valence-corrected chi connectivity index (χ3v) is 4.93. The molecule has 0 bridgehead atoms. The van der Waals surface area contributed by atoms with E-state index in [0.717, 1.165) is 5.56 Å². The quantitative estimate of drug-likeness (QED) is 0.826. The van der Waals surface area contributed by atoms with Crippen LogP contribution in [0.2, 0.25) is 0 Å². The Hall–Kier alpha value is -2.90. The summed E-state index contributed by atoms with van der Waals surface area (Å²) in [7, 11) is 0. The zero-order valence-electron chi connectivity index (χ0n) is 14.5. The van der Waals surface area contributed by atoms with Crippen molar-refractivity contribution >= 4 is 12.0 Å². The van der Waals surface area contributed by atoms with Crippen LogP contribution in [0.4, 0.5) is 4.79 Å². The van der Waals surface area contributed by atoms with Crippen molar-refractivity contribution in [3.05, 3.63) is 47.6 Å². The average Bonchev–Trinajstić information content (AvgIpc) is 3.36. The van der Waals surface area contributed by atoms with E-state index in [1.165, 1.54) is 4.90 Å². The van der Waals surface area contributed by atoms with Crippen LogP contribution in [0.3, 0.4) is 0 Å². The first-order valence-corrected chi connectivity index (χ1v) is 8.66. The number of aromatic nitrogens is 2. The van der Waals surface area contributed by atoms with E-state index in [2.05, 4.69) is 10.1 Å². The molecule has 4 rings (SSSR count). The summed E-state index contributed by atoms with van der Waals surface area (Å²) in [6.45, 7) is 3.65. The van der Waals surface area contributed by atoms with Gasteiger partial charge in [-0.15, -0.1) is 0 Å². The molecule has 2 saturated heterocycles. The molecule has 3 heterocycles. The standard InChI is InChI=1S/C18H20N4O4/c1-12-19-17(26-20-12)15-10-22(9-14(15)13-5-3-2-4-6-13)16(23)11-21-7-8-25-18(21)24/h2-6,14-15H,7-11H2,1H3/t14-,15-/m1/s1. The molecule has 0 N–H and O–H groups in total. The molecule has 2 aromatic rings.